The van der Waals surface area contributed by atoms with Crippen molar-refractivity contribution in [2.75, 3.05) is 19.6 Å². The number of carbonyl (C=O) groups is 2. The second-order valence-electron chi connectivity index (χ2n) is 8.88. The maximum Gasteiger partial charge on any atom is 0.265 e. The highest BCUT2D eigenvalue weighted by Gasteiger charge is 2.42. The van der Waals surface area contributed by atoms with Crippen molar-refractivity contribution >= 4 is 43.2 Å². The van der Waals surface area contributed by atoms with Crippen LogP contribution in [-0.4, -0.2) is 48.8 Å². The van der Waals surface area contributed by atoms with Crippen LogP contribution in [0.5, 0.6) is 0 Å². The van der Waals surface area contributed by atoms with E-state index in [0.29, 0.717) is 35.5 Å². The molecule has 3 aromatic rings. The van der Waals surface area contributed by atoms with Crippen molar-refractivity contribution in [1.29, 1.82) is 0 Å². The molecule has 0 aromatic heterocycles. The number of nitrogens with zero attached hydrogens (tertiary/aromatic N) is 2. The number of allylic oxidation sites excluding steroid dienone is 1. The van der Waals surface area contributed by atoms with Crippen molar-refractivity contribution in [3.63, 3.8) is 0 Å². The van der Waals surface area contributed by atoms with Crippen LogP contribution in [0.2, 0.25) is 0 Å². The van der Waals surface area contributed by atoms with Crippen molar-refractivity contribution in [2.45, 2.75) is 24.2 Å². The zero-order valence-electron chi connectivity index (χ0n) is 19.6. The summed E-state index contributed by atoms with van der Waals surface area (Å²) in [4.78, 5) is 29.6. The van der Waals surface area contributed by atoms with E-state index in [1.165, 1.54) is 0 Å². The summed E-state index contributed by atoms with van der Waals surface area (Å²) in [7, 11) is -4.17. The minimum absolute atomic E-state index is 0.0345. The first kappa shape index (κ1) is 24.5. The minimum atomic E-state index is -4.17. The maximum atomic E-state index is 14.0. The fraction of sp³-hybridized carbons (Fsp3) is 0.214. The van der Waals surface area contributed by atoms with E-state index in [1.54, 1.807) is 78.9 Å². The lowest BCUT2D eigenvalue weighted by molar-refractivity contribution is 0.0956. The Morgan fingerprint density at radius 1 is 0.778 bits per heavy atom. The van der Waals surface area contributed by atoms with Crippen LogP contribution in [0.3, 0.4) is 0 Å². The van der Waals surface area contributed by atoms with Crippen LogP contribution >= 0.6 is 15.9 Å². The van der Waals surface area contributed by atoms with Crippen molar-refractivity contribution in [2.24, 2.45) is 0 Å². The Morgan fingerprint density at radius 2 is 1.42 bits per heavy atom. The van der Waals surface area contributed by atoms with Gasteiger partial charge >= 0.3 is 0 Å². The van der Waals surface area contributed by atoms with Crippen LogP contribution in [0.4, 0.5) is 0 Å². The predicted octanol–water partition coefficient (Wildman–Crippen LogP) is 5.37. The van der Waals surface area contributed by atoms with Crippen LogP contribution in [0.1, 0.15) is 45.5 Å². The second kappa shape index (κ2) is 10.0. The highest BCUT2D eigenvalue weighted by atomic mass is 79.9. The first-order valence-electron chi connectivity index (χ1n) is 11.9. The van der Waals surface area contributed by atoms with Gasteiger partial charge in [-0.15, -0.1) is 0 Å². The zero-order valence-corrected chi connectivity index (χ0v) is 22.0. The largest absolute Gasteiger partial charge is 0.369 e. The highest BCUT2D eigenvalue weighted by molar-refractivity contribution is 9.10. The number of halogens is 1. The molecule has 0 atom stereocenters. The molecule has 0 aliphatic carbocycles. The average Bonchev–Trinajstić information content (AvgIpc) is 2.91. The van der Waals surface area contributed by atoms with E-state index in [2.05, 4.69) is 20.8 Å². The molecule has 0 radical (unpaired) electrons. The van der Waals surface area contributed by atoms with Gasteiger partial charge in [-0.2, -0.15) is 0 Å². The number of fused-ring (bicyclic) bond motifs is 1. The molecular weight excluding hydrogens is 540 g/mol. The Hall–Kier alpha value is -3.23. The van der Waals surface area contributed by atoms with Gasteiger partial charge in [-0.25, -0.2) is 8.42 Å². The number of hydrogen-bond donors (Lipinski definition) is 0. The average molecular weight is 565 g/mol. The summed E-state index contributed by atoms with van der Waals surface area (Å²) in [5, 5.41) is 0. The molecule has 8 heteroatoms. The van der Waals surface area contributed by atoms with E-state index < -0.39 is 22.4 Å². The molecule has 0 bridgehead atoms. The van der Waals surface area contributed by atoms with E-state index in [4.69, 9.17) is 0 Å². The number of rotatable bonds is 6. The molecule has 2 heterocycles. The van der Waals surface area contributed by atoms with Gasteiger partial charge in [0.05, 0.1) is 17.1 Å². The molecule has 0 unspecified atom stereocenters. The topological polar surface area (TPSA) is 74.8 Å². The Morgan fingerprint density at radius 3 is 2.11 bits per heavy atom. The molecule has 1 saturated heterocycles. The van der Waals surface area contributed by atoms with Crippen molar-refractivity contribution in [3.05, 3.63) is 106 Å². The molecule has 1 fully saturated rings. The minimum Gasteiger partial charge on any atom is -0.369 e. The van der Waals surface area contributed by atoms with E-state index >= 15 is 0 Å². The summed E-state index contributed by atoms with van der Waals surface area (Å²) >= 11 is 3.36. The first-order chi connectivity index (χ1) is 17.4. The first-order valence-corrected chi connectivity index (χ1v) is 14.1. The molecule has 0 amide bonds. The molecule has 6 nitrogen and oxygen atoms in total. The number of benzene rings is 3. The van der Waals surface area contributed by atoms with Crippen LogP contribution in [0, 0.1) is 0 Å². The molecule has 184 valence electrons. The zero-order chi connectivity index (χ0) is 25.3. The molecular formula is C28H25BrN2O4S. The van der Waals surface area contributed by atoms with E-state index in [1.807, 2.05) is 0 Å². The molecule has 2 aliphatic heterocycles. The van der Waals surface area contributed by atoms with Gasteiger partial charge < -0.3 is 4.90 Å². The quantitative estimate of drug-likeness (QED) is 0.376. The van der Waals surface area contributed by atoms with E-state index in [0.717, 1.165) is 28.0 Å². The molecule has 0 saturated carbocycles. The van der Waals surface area contributed by atoms with E-state index in [-0.39, 0.29) is 16.4 Å². The van der Waals surface area contributed by atoms with Crippen molar-refractivity contribution < 1.29 is 18.0 Å². The van der Waals surface area contributed by atoms with Gasteiger partial charge in [-0.05, 0) is 37.5 Å². The second-order valence-corrected chi connectivity index (χ2v) is 11.6. The molecule has 0 spiro atoms. The van der Waals surface area contributed by atoms with Crippen LogP contribution < -0.4 is 0 Å². The molecule has 0 N–H and O–H groups in total. The third kappa shape index (κ3) is 4.51. The Kier molecular flexibility index (Phi) is 6.81. The number of carbonyl (C=O) groups excluding carboxylic acids is 2. The standard InChI is InChI=1S/C28H25BrN2O4S/c29-22-15-13-20(14-16-22)24(32)19-31-27(28(33)21-9-3-1-4-10-21)26(30-17-7-2-8-18-30)23-11-5-6-12-25(23)36(31,34)35/h1,3-6,9-16H,2,7-8,17-19H2. The van der Waals surface area contributed by atoms with Gasteiger partial charge in [-0.1, -0.05) is 76.6 Å². The Labute approximate surface area is 219 Å². The molecule has 5 rings (SSSR count). The van der Waals surface area contributed by atoms with E-state index in [9.17, 15) is 18.0 Å². The van der Waals surface area contributed by atoms with Gasteiger partial charge in [0.2, 0.25) is 5.78 Å². The monoisotopic (exact) mass is 564 g/mol. The van der Waals surface area contributed by atoms with Gasteiger partial charge in [0.15, 0.2) is 5.78 Å². The summed E-state index contributed by atoms with van der Waals surface area (Å²) in [6, 6.07) is 22.2. The predicted molar refractivity (Wildman–Crippen MR) is 142 cm³/mol. The number of likely N-dealkylation sites (tertiary alicyclic amines) is 1. The fourth-order valence-electron chi connectivity index (χ4n) is 4.78. The van der Waals surface area contributed by atoms with Crippen molar-refractivity contribution in [1.82, 2.24) is 9.21 Å². The third-order valence-corrected chi connectivity index (χ3v) is 8.89. The lowest BCUT2D eigenvalue weighted by Crippen LogP contribution is -2.44. The lowest BCUT2D eigenvalue weighted by atomic mass is 9.99. The van der Waals surface area contributed by atoms with Crippen molar-refractivity contribution in [3.8, 4) is 0 Å². The van der Waals surface area contributed by atoms with Gasteiger partial charge in [0, 0.05) is 34.3 Å². The molecule has 36 heavy (non-hydrogen) atoms. The summed E-state index contributed by atoms with van der Waals surface area (Å²) in [6.07, 6.45) is 2.98. The Bertz CT molecular complexity index is 1440. The number of piperidine rings is 1. The van der Waals surface area contributed by atoms with Crippen LogP contribution in [0.15, 0.2) is 93.9 Å². The molecule has 2 aliphatic rings. The summed E-state index contributed by atoms with van der Waals surface area (Å²) in [6.45, 7) is 0.955. The number of sulfonamides is 1. The van der Waals surface area contributed by atoms with Gasteiger partial charge in [-0.3, -0.25) is 13.9 Å². The fourth-order valence-corrected chi connectivity index (χ4v) is 6.67. The van der Waals surface area contributed by atoms with Crippen LogP contribution in [-0.2, 0) is 10.0 Å². The number of hydrogen-bond acceptors (Lipinski definition) is 5. The third-order valence-electron chi connectivity index (χ3n) is 6.56. The smallest absolute Gasteiger partial charge is 0.265 e. The summed E-state index contributed by atoms with van der Waals surface area (Å²) in [5.41, 5.74) is 1.87. The normalized spacial score (nSPS) is 17.0. The SMILES string of the molecule is O=C(CN1C(C(=O)c2ccccc2)=C(N2CCCCC2)c2ccccc2S1(=O)=O)c1ccc(Br)cc1. The summed E-state index contributed by atoms with van der Waals surface area (Å²) < 4.78 is 29.8. The maximum absolute atomic E-state index is 14.0. The molecule has 3 aromatic carbocycles. The Balaban J connectivity index is 1.72. The van der Waals surface area contributed by atoms with Gasteiger partial charge in [0.1, 0.15) is 5.70 Å². The number of Topliss-reactive ketones (excluding diaryl/α,β-unsaturated/α-hetero) is 2. The highest BCUT2D eigenvalue weighted by Crippen LogP contribution is 2.40. The number of ketones is 2. The van der Waals surface area contributed by atoms with Gasteiger partial charge in [0.25, 0.3) is 10.0 Å². The summed E-state index contributed by atoms with van der Waals surface area (Å²) in [5.74, 6) is -0.806. The van der Waals surface area contributed by atoms with Crippen LogP contribution in [0.25, 0.3) is 5.70 Å². The lowest BCUT2D eigenvalue weighted by Gasteiger charge is -2.39.